The van der Waals surface area contributed by atoms with Gasteiger partial charge in [0.25, 0.3) is 5.91 Å². The lowest BCUT2D eigenvalue weighted by molar-refractivity contribution is -0.265. The number of aromatic nitrogens is 1. The molecule has 1 unspecified atom stereocenters. The second-order valence-electron chi connectivity index (χ2n) is 11.5. The van der Waals surface area contributed by atoms with Crippen molar-refractivity contribution in [2.24, 2.45) is 5.73 Å². The molecule has 0 aliphatic carbocycles. The molecule has 4 N–H and O–H groups in total. The van der Waals surface area contributed by atoms with Crippen LogP contribution in [0.4, 0.5) is 22.4 Å². The van der Waals surface area contributed by atoms with Gasteiger partial charge in [0.05, 0.1) is 36.2 Å². The van der Waals surface area contributed by atoms with E-state index in [2.05, 4.69) is 10.3 Å². The summed E-state index contributed by atoms with van der Waals surface area (Å²) in [6.45, 7) is 6.53. The molecule has 3 aromatic rings. The third-order valence-electron chi connectivity index (χ3n) is 6.71. The quantitative estimate of drug-likeness (QED) is 0.149. The molecular formula is C32H36ClF4N3O7. The van der Waals surface area contributed by atoms with Crippen LogP contribution in [0, 0.1) is 5.82 Å². The molecule has 15 heteroatoms. The molecule has 0 radical (unpaired) electrons. The first kappa shape index (κ1) is 37.3. The van der Waals surface area contributed by atoms with Crippen LogP contribution in [0.1, 0.15) is 56.2 Å². The number of carbonyl (C=O) groups excluding carboxylic acids is 2. The summed E-state index contributed by atoms with van der Waals surface area (Å²) in [6.07, 6.45) is -7.29. The van der Waals surface area contributed by atoms with E-state index in [0.717, 1.165) is 12.1 Å². The van der Waals surface area contributed by atoms with Gasteiger partial charge >= 0.3 is 12.3 Å². The fourth-order valence-electron chi connectivity index (χ4n) is 4.12. The number of pyridine rings is 1. The average Bonchev–Trinajstić information content (AvgIpc) is 2.98. The maximum atomic E-state index is 14.6. The molecule has 1 amide bonds. The van der Waals surface area contributed by atoms with E-state index in [1.807, 2.05) is 0 Å². The van der Waals surface area contributed by atoms with Crippen molar-refractivity contribution < 1.29 is 51.2 Å². The number of nitrogens with zero attached hydrogens (tertiary/aromatic N) is 1. The van der Waals surface area contributed by atoms with Crippen molar-refractivity contribution in [3.63, 3.8) is 0 Å². The average molecular weight is 686 g/mol. The minimum absolute atomic E-state index is 0.0582. The number of amides is 1. The minimum Gasteiger partial charge on any atom is -0.493 e. The lowest BCUT2D eigenvalue weighted by Crippen LogP contribution is -2.51. The number of hydrogen-bond acceptors (Lipinski definition) is 9. The number of rotatable bonds is 12. The van der Waals surface area contributed by atoms with Crippen LogP contribution in [0.2, 0.25) is 5.02 Å². The number of carbonyl (C=O) groups is 2. The van der Waals surface area contributed by atoms with E-state index in [9.17, 15) is 32.3 Å². The SMILES string of the molecule is COc1cc(C(=O)NCC(O)(c2cc(C(C)(C)N)cc(-c3ccc(F)c(Cl)c3)n2)C(F)(F)F)ccc1OC[C@@H](C)OC(=O)OC(C)C. The van der Waals surface area contributed by atoms with Crippen LogP contribution in [0.15, 0.2) is 48.5 Å². The van der Waals surface area contributed by atoms with Crippen LogP contribution in [0.25, 0.3) is 11.3 Å². The Morgan fingerprint density at radius 2 is 1.70 bits per heavy atom. The highest BCUT2D eigenvalue weighted by Crippen LogP contribution is 2.40. The summed E-state index contributed by atoms with van der Waals surface area (Å²) in [5, 5.41) is 13.0. The van der Waals surface area contributed by atoms with E-state index in [-0.39, 0.29) is 51.6 Å². The Balaban J connectivity index is 1.87. The Kier molecular flexibility index (Phi) is 11.7. The van der Waals surface area contributed by atoms with Crippen molar-refractivity contribution in [2.75, 3.05) is 20.3 Å². The van der Waals surface area contributed by atoms with E-state index in [4.69, 9.17) is 36.3 Å². The number of nitrogens with two attached hydrogens (primary N) is 1. The van der Waals surface area contributed by atoms with Crippen molar-refractivity contribution >= 4 is 23.7 Å². The predicted molar refractivity (Wildman–Crippen MR) is 165 cm³/mol. The number of alkyl halides is 3. The summed E-state index contributed by atoms with van der Waals surface area (Å²) in [6, 6.07) is 9.71. The van der Waals surface area contributed by atoms with Gasteiger partial charge in [-0.05, 0) is 88.7 Å². The van der Waals surface area contributed by atoms with Gasteiger partial charge in [0.15, 0.2) is 11.5 Å². The first-order valence-corrected chi connectivity index (χ1v) is 14.7. The maximum absolute atomic E-state index is 14.6. The molecule has 10 nitrogen and oxygen atoms in total. The second-order valence-corrected chi connectivity index (χ2v) is 11.9. The van der Waals surface area contributed by atoms with Gasteiger partial charge in [-0.15, -0.1) is 0 Å². The Hall–Kier alpha value is -4.14. The molecule has 0 bridgehead atoms. The van der Waals surface area contributed by atoms with Crippen molar-refractivity contribution in [3.8, 4) is 22.8 Å². The first-order valence-electron chi connectivity index (χ1n) is 14.3. The Morgan fingerprint density at radius 1 is 1.02 bits per heavy atom. The highest BCUT2D eigenvalue weighted by molar-refractivity contribution is 6.31. The van der Waals surface area contributed by atoms with Gasteiger partial charge in [-0.2, -0.15) is 13.2 Å². The normalized spacial score (nSPS) is 13.8. The summed E-state index contributed by atoms with van der Waals surface area (Å²) >= 11 is 5.89. The molecular weight excluding hydrogens is 650 g/mol. The number of ether oxygens (including phenoxy) is 4. The molecule has 2 atom stereocenters. The van der Waals surface area contributed by atoms with E-state index < -0.39 is 53.5 Å². The molecule has 0 saturated heterocycles. The van der Waals surface area contributed by atoms with Gasteiger partial charge in [-0.1, -0.05) is 11.6 Å². The number of hydrogen-bond donors (Lipinski definition) is 3. The highest BCUT2D eigenvalue weighted by Gasteiger charge is 2.56. The van der Waals surface area contributed by atoms with Crippen molar-refractivity contribution in [1.29, 1.82) is 0 Å². The van der Waals surface area contributed by atoms with Crippen molar-refractivity contribution in [1.82, 2.24) is 10.3 Å². The molecule has 1 heterocycles. The molecule has 47 heavy (non-hydrogen) atoms. The van der Waals surface area contributed by atoms with Crippen LogP contribution in [-0.2, 0) is 20.6 Å². The summed E-state index contributed by atoms with van der Waals surface area (Å²) < 4.78 is 78.4. The zero-order valence-corrected chi connectivity index (χ0v) is 27.3. The van der Waals surface area contributed by atoms with E-state index in [1.165, 1.54) is 57.4 Å². The minimum atomic E-state index is -5.32. The molecule has 256 valence electrons. The topological polar surface area (TPSA) is 142 Å². The van der Waals surface area contributed by atoms with E-state index in [1.54, 1.807) is 20.8 Å². The fraction of sp³-hybridized carbons (Fsp3) is 0.406. The van der Waals surface area contributed by atoms with Crippen LogP contribution < -0.4 is 20.5 Å². The lowest BCUT2D eigenvalue weighted by Gasteiger charge is -2.32. The van der Waals surface area contributed by atoms with Gasteiger partial charge in [0, 0.05) is 16.7 Å². The smallest absolute Gasteiger partial charge is 0.493 e. The van der Waals surface area contributed by atoms with Crippen LogP contribution >= 0.6 is 11.6 Å². The zero-order valence-electron chi connectivity index (χ0n) is 26.5. The molecule has 3 rings (SSSR count). The second kappa shape index (κ2) is 14.7. The van der Waals surface area contributed by atoms with Crippen LogP contribution in [-0.4, -0.2) is 60.8 Å². The van der Waals surface area contributed by atoms with Gasteiger partial charge < -0.3 is 35.1 Å². The molecule has 0 fully saturated rings. The number of benzene rings is 2. The molecule has 2 aromatic carbocycles. The number of halogens is 5. The van der Waals surface area contributed by atoms with Gasteiger partial charge in [-0.25, -0.2) is 14.2 Å². The van der Waals surface area contributed by atoms with E-state index >= 15 is 0 Å². The van der Waals surface area contributed by atoms with Gasteiger partial charge in [-0.3, -0.25) is 4.79 Å². The highest BCUT2D eigenvalue weighted by atomic mass is 35.5. The Labute approximate surface area is 274 Å². The van der Waals surface area contributed by atoms with Crippen molar-refractivity contribution in [3.05, 3.63) is 76.2 Å². The molecule has 0 spiro atoms. The molecule has 0 saturated carbocycles. The summed E-state index contributed by atoms with van der Waals surface area (Å²) in [5.41, 5.74) is 0.635. The van der Waals surface area contributed by atoms with Crippen molar-refractivity contribution in [2.45, 2.75) is 64.1 Å². The largest absolute Gasteiger partial charge is 0.508 e. The summed E-state index contributed by atoms with van der Waals surface area (Å²) in [5.74, 6) is -1.51. The standard InChI is InChI=1S/C32H36ClF4N3O7/c1-17(2)46-29(42)47-18(3)15-45-25-10-8-20(12-26(25)44-6)28(41)39-16-31(43,32(35,36)37)27-14-21(30(4,5)38)13-24(40-27)19-7-9-23(34)22(33)11-19/h7-14,17-18,43H,15-16,38H2,1-6H3,(H,39,41)/t18-,31?/m1/s1. The van der Waals surface area contributed by atoms with Crippen LogP contribution in [0.5, 0.6) is 11.5 Å². The first-order chi connectivity index (χ1) is 21.7. The van der Waals surface area contributed by atoms with Gasteiger partial charge in [0.1, 0.15) is 18.5 Å². The molecule has 0 aliphatic heterocycles. The maximum Gasteiger partial charge on any atom is 0.508 e. The summed E-state index contributed by atoms with van der Waals surface area (Å²) in [7, 11) is 1.29. The zero-order chi connectivity index (χ0) is 35.3. The van der Waals surface area contributed by atoms with E-state index in [0.29, 0.717) is 0 Å². The number of methoxy groups -OCH3 is 1. The predicted octanol–water partition coefficient (Wildman–Crippen LogP) is 6.25. The fourth-order valence-corrected chi connectivity index (χ4v) is 4.30. The third kappa shape index (κ3) is 9.46. The monoisotopic (exact) mass is 685 g/mol. The molecule has 0 aliphatic rings. The van der Waals surface area contributed by atoms with Gasteiger partial charge in [0.2, 0.25) is 5.60 Å². The Bertz CT molecular complexity index is 1600. The van der Waals surface area contributed by atoms with Crippen LogP contribution in [0.3, 0.4) is 0 Å². The third-order valence-corrected chi connectivity index (χ3v) is 7.00. The summed E-state index contributed by atoms with van der Waals surface area (Å²) in [4.78, 5) is 28.8. The Morgan fingerprint density at radius 3 is 2.28 bits per heavy atom. The number of aliphatic hydroxyl groups is 1. The molecule has 1 aromatic heterocycles. The number of nitrogens with one attached hydrogen (secondary N) is 1. The lowest BCUT2D eigenvalue weighted by atomic mass is 9.89.